The Morgan fingerprint density at radius 2 is 1.75 bits per heavy atom. The Morgan fingerprint density at radius 1 is 1.20 bits per heavy atom. The summed E-state index contributed by atoms with van der Waals surface area (Å²) in [4.78, 5) is 2.05. The molecule has 1 aromatic carbocycles. The molecule has 1 atom stereocenters. The van der Waals surface area contributed by atoms with Crippen LogP contribution in [-0.2, 0) is 10.0 Å². The van der Waals surface area contributed by atoms with Crippen molar-refractivity contribution in [3.8, 4) is 0 Å². The Balaban J connectivity index is 2.01. The lowest BCUT2D eigenvalue weighted by molar-refractivity contribution is 0.381. The Hall–Kier alpha value is -0.850. The second kappa shape index (κ2) is 6.28. The Bertz CT molecular complexity index is 542. The summed E-state index contributed by atoms with van der Waals surface area (Å²) in [5.74, 6) is -0.175. The van der Waals surface area contributed by atoms with Gasteiger partial charge in [0, 0.05) is 37.7 Å². The van der Waals surface area contributed by atoms with Crippen LogP contribution in [0, 0.1) is 5.82 Å². The summed E-state index contributed by atoms with van der Waals surface area (Å²) in [5.41, 5.74) is 0.911. The summed E-state index contributed by atoms with van der Waals surface area (Å²) in [5, 5.41) is -0.568. The molecular formula is C13H18ClFN2O2S. The third-order valence-corrected chi connectivity index (χ3v) is 6.43. The van der Waals surface area contributed by atoms with Crippen LogP contribution in [0.4, 0.5) is 10.1 Å². The Labute approximate surface area is 124 Å². The third-order valence-electron chi connectivity index (χ3n) is 3.52. The number of benzene rings is 1. The lowest BCUT2D eigenvalue weighted by atomic mass is 10.2. The van der Waals surface area contributed by atoms with Gasteiger partial charge in [-0.15, -0.1) is 11.6 Å². The van der Waals surface area contributed by atoms with Crippen LogP contribution >= 0.6 is 11.6 Å². The van der Waals surface area contributed by atoms with Crippen molar-refractivity contribution in [3.63, 3.8) is 0 Å². The molecule has 20 heavy (non-hydrogen) atoms. The van der Waals surface area contributed by atoms with Gasteiger partial charge >= 0.3 is 0 Å². The molecule has 2 rings (SSSR count). The van der Waals surface area contributed by atoms with E-state index in [0.29, 0.717) is 26.2 Å². The van der Waals surface area contributed by atoms with E-state index in [2.05, 4.69) is 4.90 Å². The number of anilines is 1. The normalized spacial score (nSPS) is 19.1. The van der Waals surface area contributed by atoms with Crippen molar-refractivity contribution in [2.24, 2.45) is 0 Å². The zero-order valence-electron chi connectivity index (χ0n) is 11.3. The molecule has 0 aliphatic carbocycles. The summed E-state index contributed by atoms with van der Waals surface area (Å²) in [6.07, 6.45) is 0. The summed E-state index contributed by atoms with van der Waals surface area (Å²) in [7, 11) is -3.31. The van der Waals surface area contributed by atoms with Gasteiger partial charge in [-0.05, 0) is 31.2 Å². The molecule has 0 bridgehead atoms. The maximum Gasteiger partial charge on any atom is 0.218 e. The van der Waals surface area contributed by atoms with Crippen LogP contribution in [0.1, 0.15) is 6.92 Å². The maximum absolute atomic E-state index is 12.9. The fourth-order valence-electron chi connectivity index (χ4n) is 2.19. The van der Waals surface area contributed by atoms with Crippen LogP contribution < -0.4 is 4.90 Å². The van der Waals surface area contributed by atoms with Crippen LogP contribution in [0.5, 0.6) is 0 Å². The van der Waals surface area contributed by atoms with Gasteiger partial charge in [0.1, 0.15) is 5.82 Å². The van der Waals surface area contributed by atoms with Crippen molar-refractivity contribution < 1.29 is 12.8 Å². The fraction of sp³-hybridized carbons (Fsp3) is 0.538. The average Bonchev–Trinajstić information content (AvgIpc) is 2.47. The van der Waals surface area contributed by atoms with E-state index in [1.165, 1.54) is 16.4 Å². The van der Waals surface area contributed by atoms with Gasteiger partial charge in [-0.1, -0.05) is 0 Å². The van der Waals surface area contributed by atoms with E-state index in [1.807, 2.05) is 0 Å². The summed E-state index contributed by atoms with van der Waals surface area (Å²) < 4.78 is 38.7. The first kappa shape index (κ1) is 15.5. The van der Waals surface area contributed by atoms with Crippen molar-refractivity contribution >= 4 is 27.3 Å². The van der Waals surface area contributed by atoms with Gasteiger partial charge in [0.25, 0.3) is 0 Å². The number of hydrogen-bond acceptors (Lipinski definition) is 3. The van der Waals surface area contributed by atoms with Gasteiger partial charge in [0.2, 0.25) is 10.0 Å². The smallest absolute Gasteiger partial charge is 0.218 e. The SMILES string of the molecule is CC(CCl)S(=O)(=O)N1CCN(c2ccc(F)cc2)CC1. The number of rotatable bonds is 4. The van der Waals surface area contributed by atoms with E-state index in [4.69, 9.17) is 11.6 Å². The molecule has 1 aliphatic rings. The molecule has 1 saturated heterocycles. The molecule has 1 unspecified atom stereocenters. The fourth-order valence-corrected chi connectivity index (χ4v) is 4.00. The van der Waals surface area contributed by atoms with Crippen LogP contribution in [0.3, 0.4) is 0 Å². The molecule has 7 heteroatoms. The van der Waals surface area contributed by atoms with Crippen LogP contribution in [0.2, 0.25) is 0 Å². The molecule has 0 N–H and O–H groups in total. The number of alkyl halides is 1. The van der Waals surface area contributed by atoms with Crippen molar-refractivity contribution in [2.45, 2.75) is 12.2 Å². The summed E-state index contributed by atoms with van der Waals surface area (Å²) >= 11 is 5.64. The molecule has 1 heterocycles. The number of halogens is 2. The van der Waals surface area contributed by atoms with E-state index in [0.717, 1.165) is 5.69 Å². The first-order valence-electron chi connectivity index (χ1n) is 6.50. The zero-order valence-corrected chi connectivity index (χ0v) is 12.9. The monoisotopic (exact) mass is 320 g/mol. The van der Waals surface area contributed by atoms with Crippen molar-refractivity contribution in [2.75, 3.05) is 37.0 Å². The average molecular weight is 321 g/mol. The molecule has 4 nitrogen and oxygen atoms in total. The molecule has 0 saturated carbocycles. The second-order valence-corrected chi connectivity index (χ2v) is 7.53. The zero-order chi connectivity index (χ0) is 14.8. The van der Waals surface area contributed by atoms with Crippen LogP contribution in [-0.4, -0.2) is 50.0 Å². The predicted molar refractivity (Wildman–Crippen MR) is 79.3 cm³/mol. The van der Waals surface area contributed by atoms with E-state index < -0.39 is 15.3 Å². The molecule has 0 amide bonds. The minimum atomic E-state index is -3.31. The maximum atomic E-state index is 12.9. The van der Waals surface area contributed by atoms with Crippen LogP contribution in [0.25, 0.3) is 0 Å². The lowest BCUT2D eigenvalue weighted by Gasteiger charge is -2.36. The highest BCUT2D eigenvalue weighted by Gasteiger charge is 2.31. The van der Waals surface area contributed by atoms with Gasteiger partial charge in [-0.3, -0.25) is 0 Å². The second-order valence-electron chi connectivity index (χ2n) is 4.87. The molecule has 112 valence electrons. The molecule has 0 aromatic heterocycles. The van der Waals surface area contributed by atoms with Gasteiger partial charge in [-0.2, -0.15) is 4.31 Å². The first-order valence-corrected chi connectivity index (χ1v) is 8.54. The molecule has 1 aromatic rings. The van der Waals surface area contributed by atoms with Crippen LogP contribution in [0.15, 0.2) is 24.3 Å². The Morgan fingerprint density at radius 3 is 2.25 bits per heavy atom. The van der Waals surface area contributed by atoms with Gasteiger partial charge < -0.3 is 4.90 Å². The van der Waals surface area contributed by atoms with E-state index in [-0.39, 0.29) is 11.7 Å². The molecule has 0 radical (unpaired) electrons. The molecule has 1 aliphatic heterocycles. The van der Waals surface area contributed by atoms with E-state index in [9.17, 15) is 12.8 Å². The standard InChI is InChI=1S/C13H18ClFN2O2S/c1-11(10-14)20(18,19)17-8-6-16(7-9-17)13-4-2-12(15)3-5-13/h2-5,11H,6-10H2,1H3. The number of sulfonamides is 1. The van der Waals surface area contributed by atoms with Gasteiger partial charge in [-0.25, -0.2) is 12.8 Å². The lowest BCUT2D eigenvalue weighted by Crippen LogP contribution is -2.51. The number of hydrogen-bond donors (Lipinski definition) is 0. The number of piperazine rings is 1. The van der Waals surface area contributed by atoms with Crippen molar-refractivity contribution in [3.05, 3.63) is 30.1 Å². The predicted octanol–water partition coefficient (Wildman–Crippen LogP) is 1.90. The molecule has 1 fully saturated rings. The van der Waals surface area contributed by atoms with Gasteiger partial charge in [0.15, 0.2) is 0 Å². The van der Waals surface area contributed by atoms with E-state index >= 15 is 0 Å². The van der Waals surface area contributed by atoms with E-state index in [1.54, 1.807) is 19.1 Å². The largest absolute Gasteiger partial charge is 0.369 e. The third kappa shape index (κ3) is 3.24. The minimum Gasteiger partial charge on any atom is -0.369 e. The highest BCUT2D eigenvalue weighted by atomic mass is 35.5. The van der Waals surface area contributed by atoms with Crippen molar-refractivity contribution in [1.82, 2.24) is 4.31 Å². The van der Waals surface area contributed by atoms with Gasteiger partial charge in [0.05, 0.1) is 5.25 Å². The molecule has 0 spiro atoms. The first-order chi connectivity index (χ1) is 9.45. The number of nitrogens with zero attached hydrogens (tertiary/aromatic N) is 2. The topological polar surface area (TPSA) is 40.6 Å². The molecular weight excluding hydrogens is 303 g/mol. The highest BCUT2D eigenvalue weighted by Crippen LogP contribution is 2.19. The quantitative estimate of drug-likeness (QED) is 0.796. The summed E-state index contributed by atoms with van der Waals surface area (Å²) in [6, 6.07) is 6.24. The Kier molecular flexibility index (Phi) is 4.88. The van der Waals surface area contributed by atoms with Crippen molar-refractivity contribution in [1.29, 1.82) is 0 Å². The highest BCUT2D eigenvalue weighted by molar-refractivity contribution is 7.89. The summed E-state index contributed by atoms with van der Waals surface area (Å²) in [6.45, 7) is 3.68. The minimum absolute atomic E-state index is 0.0977.